The molecule has 0 bridgehead atoms. The summed E-state index contributed by atoms with van der Waals surface area (Å²) in [6.45, 7) is 12.9. The van der Waals surface area contributed by atoms with Gasteiger partial charge in [0.1, 0.15) is 0 Å². The number of hydrogen-bond acceptors (Lipinski definition) is 3. The lowest BCUT2D eigenvalue weighted by atomic mass is 10.1. The monoisotopic (exact) mass is 310 g/mol. The van der Waals surface area contributed by atoms with Crippen LogP contribution in [0.25, 0.3) is 0 Å². The van der Waals surface area contributed by atoms with Crippen molar-refractivity contribution >= 4 is 10.0 Å². The highest BCUT2D eigenvalue weighted by molar-refractivity contribution is 7.89. The van der Waals surface area contributed by atoms with E-state index in [0.29, 0.717) is 30.6 Å². The number of hydrogen-bond donors (Lipinski definition) is 1. The van der Waals surface area contributed by atoms with Crippen LogP contribution >= 0.6 is 0 Å². The van der Waals surface area contributed by atoms with E-state index in [1.807, 2.05) is 19.9 Å². The van der Waals surface area contributed by atoms with Gasteiger partial charge in [-0.25, -0.2) is 8.42 Å². The molecular weight excluding hydrogens is 284 g/mol. The molecule has 0 aromatic heterocycles. The maximum absolute atomic E-state index is 12.7. The summed E-state index contributed by atoms with van der Waals surface area (Å²) in [5.41, 5.74) is 1.83. The van der Waals surface area contributed by atoms with Gasteiger partial charge >= 0.3 is 0 Å². The van der Waals surface area contributed by atoms with Crippen molar-refractivity contribution in [2.45, 2.75) is 45.2 Å². The maximum Gasteiger partial charge on any atom is 0.243 e. The van der Waals surface area contributed by atoms with Gasteiger partial charge in [0, 0.05) is 25.7 Å². The van der Waals surface area contributed by atoms with Crippen molar-refractivity contribution in [2.75, 3.05) is 13.1 Å². The van der Waals surface area contributed by atoms with Gasteiger partial charge in [-0.2, -0.15) is 4.31 Å². The standard InChI is InChI=1S/C16H26N2O2S/c1-6-11-18(7-2)21(19,20)16-10-8-9-15(14(16)5)12-17-13(3)4/h6,8-10,13,17H,1,7,11-12H2,2-5H3. The average Bonchev–Trinajstić information content (AvgIpc) is 2.43. The van der Waals surface area contributed by atoms with Gasteiger partial charge in [-0.05, 0) is 24.1 Å². The van der Waals surface area contributed by atoms with Gasteiger partial charge < -0.3 is 5.32 Å². The van der Waals surface area contributed by atoms with Crippen LogP contribution in [0.1, 0.15) is 31.9 Å². The van der Waals surface area contributed by atoms with Gasteiger partial charge in [-0.1, -0.05) is 39.0 Å². The topological polar surface area (TPSA) is 49.4 Å². The van der Waals surface area contributed by atoms with Crippen molar-refractivity contribution in [3.63, 3.8) is 0 Å². The molecule has 0 heterocycles. The number of rotatable bonds is 8. The van der Waals surface area contributed by atoms with Crippen molar-refractivity contribution in [1.29, 1.82) is 0 Å². The van der Waals surface area contributed by atoms with Crippen LogP contribution in [0, 0.1) is 6.92 Å². The van der Waals surface area contributed by atoms with E-state index in [0.717, 1.165) is 11.1 Å². The van der Waals surface area contributed by atoms with Crippen molar-refractivity contribution in [3.8, 4) is 0 Å². The van der Waals surface area contributed by atoms with Crippen molar-refractivity contribution in [2.24, 2.45) is 0 Å². The highest BCUT2D eigenvalue weighted by Gasteiger charge is 2.24. The van der Waals surface area contributed by atoms with Gasteiger partial charge in [0.2, 0.25) is 10.0 Å². The molecule has 0 aliphatic heterocycles. The third-order valence-electron chi connectivity index (χ3n) is 3.40. The quantitative estimate of drug-likeness (QED) is 0.751. The molecule has 0 saturated heterocycles. The fourth-order valence-electron chi connectivity index (χ4n) is 2.13. The number of nitrogens with one attached hydrogen (secondary N) is 1. The second kappa shape index (κ2) is 7.73. The molecule has 0 radical (unpaired) electrons. The smallest absolute Gasteiger partial charge is 0.243 e. The number of benzene rings is 1. The molecule has 1 N–H and O–H groups in total. The van der Waals surface area contributed by atoms with E-state index in [2.05, 4.69) is 25.7 Å². The van der Waals surface area contributed by atoms with E-state index >= 15 is 0 Å². The summed E-state index contributed by atoms with van der Waals surface area (Å²) >= 11 is 0. The van der Waals surface area contributed by atoms with Crippen LogP contribution in [0.2, 0.25) is 0 Å². The van der Waals surface area contributed by atoms with E-state index in [1.165, 1.54) is 4.31 Å². The van der Waals surface area contributed by atoms with Crippen LogP contribution in [-0.2, 0) is 16.6 Å². The van der Waals surface area contributed by atoms with Gasteiger partial charge in [0.25, 0.3) is 0 Å². The zero-order valence-electron chi connectivity index (χ0n) is 13.4. The lowest BCUT2D eigenvalue weighted by Gasteiger charge is -2.21. The van der Waals surface area contributed by atoms with Gasteiger partial charge in [-0.15, -0.1) is 6.58 Å². The van der Waals surface area contributed by atoms with E-state index < -0.39 is 10.0 Å². The van der Waals surface area contributed by atoms with E-state index in [-0.39, 0.29) is 0 Å². The first-order chi connectivity index (χ1) is 9.84. The zero-order valence-corrected chi connectivity index (χ0v) is 14.2. The molecule has 0 atom stereocenters. The summed E-state index contributed by atoms with van der Waals surface area (Å²) < 4.78 is 26.9. The molecule has 0 amide bonds. The molecule has 5 heteroatoms. The summed E-state index contributed by atoms with van der Waals surface area (Å²) in [4.78, 5) is 0.384. The van der Waals surface area contributed by atoms with E-state index in [1.54, 1.807) is 18.2 Å². The van der Waals surface area contributed by atoms with E-state index in [4.69, 9.17) is 0 Å². The Bertz CT molecular complexity index is 580. The van der Waals surface area contributed by atoms with Crippen molar-refractivity contribution < 1.29 is 8.42 Å². The molecule has 21 heavy (non-hydrogen) atoms. The summed E-state index contributed by atoms with van der Waals surface area (Å²) in [6.07, 6.45) is 1.61. The van der Waals surface area contributed by atoms with Crippen LogP contribution in [0.5, 0.6) is 0 Å². The zero-order chi connectivity index (χ0) is 16.0. The molecule has 0 aliphatic carbocycles. The maximum atomic E-state index is 12.7. The summed E-state index contributed by atoms with van der Waals surface area (Å²) in [5.74, 6) is 0. The van der Waals surface area contributed by atoms with Crippen molar-refractivity contribution in [3.05, 3.63) is 42.0 Å². The lowest BCUT2D eigenvalue weighted by molar-refractivity contribution is 0.459. The molecule has 0 fully saturated rings. The van der Waals surface area contributed by atoms with E-state index in [9.17, 15) is 8.42 Å². The third kappa shape index (κ3) is 4.40. The molecular formula is C16H26N2O2S. The predicted octanol–water partition coefficient (Wildman–Crippen LogP) is 2.69. The normalized spacial score (nSPS) is 12.1. The van der Waals surface area contributed by atoms with Crippen molar-refractivity contribution in [1.82, 2.24) is 9.62 Å². The number of sulfonamides is 1. The Hall–Kier alpha value is -1.17. The lowest BCUT2D eigenvalue weighted by Crippen LogP contribution is -2.32. The fourth-order valence-corrected chi connectivity index (χ4v) is 3.81. The average molecular weight is 310 g/mol. The molecule has 118 valence electrons. The minimum Gasteiger partial charge on any atom is -0.310 e. The summed E-state index contributed by atoms with van der Waals surface area (Å²) in [7, 11) is -3.47. The molecule has 0 unspecified atom stereocenters. The first-order valence-electron chi connectivity index (χ1n) is 7.27. The Labute approximate surface area is 128 Å². The Morgan fingerprint density at radius 2 is 2.05 bits per heavy atom. The second-order valence-electron chi connectivity index (χ2n) is 5.32. The molecule has 1 aromatic carbocycles. The van der Waals surface area contributed by atoms with Gasteiger partial charge in [0.05, 0.1) is 4.90 Å². The molecule has 1 rings (SSSR count). The number of likely N-dealkylation sites (N-methyl/N-ethyl adjacent to an activating group) is 1. The molecule has 0 spiro atoms. The molecule has 1 aromatic rings. The second-order valence-corrected chi connectivity index (χ2v) is 7.23. The SMILES string of the molecule is C=CCN(CC)S(=O)(=O)c1cccc(CNC(C)C)c1C. The number of nitrogens with zero attached hydrogens (tertiary/aromatic N) is 1. The molecule has 4 nitrogen and oxygen atoms in total. The Kier molecular flexibility index (Phi) is 6.58. The predicted molar refractivity (Wildman–Crippen MR) is 87.8 cm³/mol. The van der Waals surface area contributed by atoms with Crippen LogP contribution in [0.15, 0.2) is 35.7 Å². The Morgan fingerprint density at radius 1 is 1.38 bits per heavy atom. The van der Waals surface area contributed by atoms with Gasteiger partial charge in [0.15, 0.2) is 0 Å². The van der Waals surface area contributed by atoms with Crippen LogP contribution in [0.3, 0.4) is 0 Å². The first-order valence-corrected chi connectivity index (χ1v) is 8.71. The summed E-state index contributed by atoms with van der Waals surface area (Å²) in [5, 5.41) is 3.33. The minimum absolute atomic E-state index is 0.326. The summed E-state index contributed by atoms with van der Waals surface area (Å²) in [6, 6.07) is 5.81. The van der Waals surface area contributed by atoms with Crippen LogP contribution < -0.4 is 5.32 Å². The minimum atomic E-state index is -3.47. The Morgan fingerprint density at radius 3 is 2.57 bits per heavy atom. The first kappa shape index (κ1) is 17.9. The van der Waals surface area contributed by atoms with Crippen LogP contribution in [0.4, 0.5) is 0 Å². The largest absolute Gasteiger partial charge is 0.310 e. The third-order valence-corrected chi connectivity index (χ3v) is 5.49. The van der Waals surface area contributed by atoms with Gasteiger partial charge in [-0.3, -0.25) is 0 Å². The van der Waals surface area contributed by atoms with Crippen LogP contribution in [-0.4, -0.2) is 31.9 Å². The fraction of sp³-hybridized carbons (Fsp3) is 0.500. The molecule has 0 aliphatic rings. The Balaban J connectivity index is 3.18. The highest BCUT2D eigenvalue weighted by Crippen LogP contribution is 2.22. The molecule has 0 saturated carbocycles. The highest BCUT2D eigenvalue weighted by atomic mass is 32.2.